The van der Waals surface area contributed by atoms with E-state index in [-0.39, 0.29) is 24.0 Å². The van der Waals surface area contributed by atoms with Crippen LogP contribution >= 0.6 is 15.9 Å². The molecule has 150 valence electrons. The standard InChI is InChI=1S/C20H24BrN3O4/c1-19(2,3)28-18(27)23-10-20(11-23)7-12(8-20)17-16-13(21)5-4-6-14(16)24(22-17)9-15(25)26/h4-6,12H,7-11H2,1-3H3,(H,25,26). The van der Waals surface area contributed by atoms with Crippen LogP contribution in [0.3, 0.4) is 0 Å². The average molecular weight is 450 g/mol. The van der Waals surface area contributed by atoms with Gasteiger partial charge in [0.25, 0.3) is 0 Å². The molecule has 7 nitrogen and oxygen atoms in total. The molecule has 4 rings (SSSR count). The maximum Gasteiger partial charge on any atom is 0.410 e. The van der Waals surface area contributed by atoms with Gasteiger partial charge >= 0.3 is 12.1 Å². The van der Waals surface area contributed by atoms with E-state index >= 15 is 0 Å². The SMILES string of the molecule is CC(C)(C)OC(=O)N1CC2(CC(c3nn(CC(=O)O)c4cccc(Br)c34)C2)C1. The lowest BCUT2D eigenvalue weighted by Crippen LogP contribution is -2.63. The molecule has 0 radical (unpaired) electrons. The number of halogens is 1. The number of likely N-dealkylation sites (tertiary alicyclic amines) is 1. The van der Waals surface area contributed by atoms with Crippen molar-refractivity contribution in [3.8, 4) is 0 Å². The van der Waals surface area contributed by atoms with Crippen LogP contribution in [-0.2, 0) is 16.1 Å². The second-order valence-electron chi connectivity index (χ2n) is 9.01. The third kappa shape index (κ3) is 3.38. The fourth-order valence-corrected chi connectivity index (χ4v) is 4.96. The number of amides is 1. The van der Waals surface area contributed by atoms with Gasteiger partial charge in [-0.2, -0.15) is 5.10 Å². The predicted molar refractivity (Wildman–Crippen MR) is 107 cm³/mol. The number of fused-ring (bicyclic) bond motifs is 1. The third-order valence-electron chi connectivity index (χ3n) is 5.49. The van der Waals surface area contributed by atoms with Gasteiger partial charge in [-0.15, -0.1) is 0 Å². The van der Waals surface area contributed by atoms with Gasteiger partial charge < -0.3 is 14.7 Å². The molecule has 2 heterocycles. The third-order valence-corrected chi connectivity index (χ3v) is 6.15. The molecule has 1 aromatic heterocycles. The molecule has 2 aliphatic rings. The van der Waals surface area contributed by atoms with Crippen LogP contribution in [0.15, 0.2) is 22.7 Å². The number of carbonyl (C=O) groups excluding carboxylic acids is 1. The molecule has 1 aromatic carbocycles. The topological polar surface area (TPSA) is 84.7 Å². The molecule has 8 heteroatoms. The van der Waals surface area contributed by atoms with E-state index < -0.39 is 11.6 Å². The Morgan fingerprint density at radius 1 is 1.32 bits per heavy atom. The molecular formula is C20H24BrN3O4. The van der Waals surface area contributed by atoms with E-state index in [4.69, 9.17) is 4.74 Å². The van der Waals surface area contributed by atoms with Crippen LogP contribution in [-0.4, -0.2) is 50.5 Å². The summed E-state index contributed by atoms with van der Waals surface area (Å²) in [7, 11) is 0. The van der Waals surface area contributed by atoms with Crippen LogP contribution in [0.25, 0.3) is 10.9 Å². The summed E-state index contributed by atoms with van der Waals surface area (Å²) in [5, 5.41) is 14.8. The fraction of sp³-hybridized carbons (Fsp3) is 0.550. The number of carboxylic acid groups (broad SMARTS) is 1. The van der Waals surface area contributed by atoms with Crippen molar-refractivity contribution in [3.05, 3.63) is 28.4 Å². The zero-order valence-electron chi connectivity index (χ0n) is 16.2. The van der Waals surface area contributed by atoms with Crippen molar-refractivity contribution in [2.24, 2.45) is 5.41 Å². The van der Waals surface area contributed by atoms with E-state index in [2.05, 4.69) is 21.0 Å². The van der Waals surface area contributed by atoms with Crippen LogP contribution < -0.4 is 0 Å². The largest absolute Gasteiger partial charge is 0.480 e. The van der Waals surface area contributed by atoms with Crippen molar-refractivity contribution < 1.29 is 19.4 Å². The Labute approximate surface area is 171 Å². The number of hydrogen-bond donors (Lipinski definition) is 1. The summed E-state index contributed by atoms with van der Waals surface area (Å²) >= 11 is 3.59. The molecule has 0 atom stereocenters. The van der Waals surface area contributed by atoms with E-state index in [1.165, 1.54) is 0 Å². The number of aromatic nitrogens is 2. The summed E-state index contributed by atoms with van der Waals surface area (Å²) in [4.78, 5) is 25.1. The molecule has 28 heavy (non-hydrogen) atoms. The first kappa shape index (κ1) is 19.2. The van der Waals surface area contributed by atoms with Crippen LogP contribution in [0, 0.1) is 5.41 Å². The number of benzene rings is 1. The summed E-state index contributed by atoms with van der Waals surface area (Å²) in [6, 6.07) is 5.76. The Hall–Kier alpha value is -2.09. The summed E-state index contributed by atoms with van der Waals surface area (Å²) in [5.41, 5.74) is 1.44. The predicted octanol–water partition coefficient (Wildman–Crippen LogP) is 4.00. The van der Waals surface area contributed by atoms with E-state index in [9.17, 15) is 14.7 Å². The number of carboxylic acids is 1. The number of ether oxygens (including phenoxy) is 1. The van der Waals surface area contributed by atoms with E-state index in [1.807, 2.05) is 39.0 Å². The Kier molecular flexibility index (Phi) is 4.45. The fourth-order valence-electron chi connectivity index (χ4n) is 4.41. The first-order valence-electron chi connectivity index (χ1n) is 9.42. The lowest BCUT2D eigenvalue weighted by Gasteiger charge is -2.58. The van der Waals surface area contributed by atoms with Crippen LogP contribution in [0.5, 0.6) is 0 Å². The quantitative estimate of drug-likeness (QED) is 0.765. The van der Waals surface area contributed by atoms with Crippen LogP contribution in [0.4, 0.5) is 4.79 Å². The molecule has 1 aliphatic heterocycles. The van der Waals surface area contributed by atoms with Gasteiger partial charge in [-0.3, -0.25) is 9.48 Å². The van der Waals surface area contributed by atoms with Crippen molar-refractivity contribution in [3.63, 3.8) is 0 Å². The Balaban J connectivity index is 1.48. The summed E-state index contributed by atoms with van der Waals surface area (Å²) in [6.45, 7) is 6.89. The molecule has 1 spiro atoms. The highest BCUT2D eigenvalue weighted by Crippen LogP contribution is 2.57. The lowest BCUT2D eigenvalue weighted by molar-refractivity contribution is -0.137. The lowest BCUT2D eigenvalue weighted by atomic mass is 9.57. The van der Waals surface area contributed by atoms with Crippen LogP contribution in [0.1, 0.15) is 45.2 Å². The highest BCUT2D eigenvalue weighted by atomic mass is 79.9. The van der Waals surface area contributed by atoms with Gasteiger partial charge in [-0.1, -0.05) is 22.0 Å². The van der Waals surface area contributed by atoms with Gasteiger partial charge in [-0.05, 0) is 45.7 Å². The van der Waals surface area contributed by atoms with E-state index in [0.29, 0.717) is 13.1 Å². The number of nitrogens with zero attached hydrogens (tertiary/aromatic N) is 3. The van der Waals surface area contributed by atoms with Crippen molar-refractivity contribution in [1.82, 2.24) is 14.7 Å². The second-order valence-corrected chi connectivity index (χ2v) is 9.87. The van der Waals surface area contributed by atoms with Crippen molar-refractivity contribution >= 4 is 38.9 Å². The molecule has 0 bridgehead atoms. The number of hydrogen-bond acceptors (Lipinski definition) is 4. The number of rotatable bonds is 3. The smallest absolute Gasteiger partial charge is 0.410 e. The Morgan fingerprint density at radius 3 is 2.61 bits per heavy atom. The van der Waals surface area contributed by atoms with E-state index in [0.717, 1.165) is 33.9 Å². The van der Waals surface area contributed by atoms with Gasteiger partial charge in [0.2, 0.25) is 0 Å². The molecule has 1 aliphatic carbocycles. The first-order chi connectivity index (χ1) is 13.1. The van der Waals surface area contributed by atoms with Crippen LogP contribution in [0.2, 0.25) is 0 Å². The normalized spacial score (nSPS) is 18.8. The molecule has 2 aromatic rings. The number of carbonyl (C=O) groups is 2. The molecule has 1 N–H and O–H groups in total. The minimum absolute atomic E-state index is 0.145. The zero-order chi connectivity index (χ0) is 20.3. The molecular weight excluding hydrogens is 426 g/mol. The Morgan fingerprint density at radius 2 is 2.00 bits per heavy atom. The van der Waals surface area contributed by atoms with Gasteiger partial charge in [0.15, 0.2) is 0 Å². The second kappa shape index (κ2) is 6.47. The van der Waals surface area contributed by atoms with E-state index in [1.54, 1.807) is 9.58 Å². The molecule has 0 unspecified atom stereocenters. The maximum atomic E-state index is 12.2. The summed E-state index contributed by atoms with van der Waals surface area (Å²) in [6.07, 6.45) is 1.65. The monoisotopic (exact) mass is 449 g/mol. The Bertz CT molecular complexity index is 948. The highest BCUT2D eigenvalue weighted by molar-refractivity contribution is 9.10. The van der Waals surface area contributed by atoms with Crippen molar-refractivity contribution in [1.29, 1.82) is 0 Å². The molecule has 1 amide bonds. The first-order valence-corrected chi connectivity index (χ1v) is 10.2. The zero-order valence-corrected chi connectivity index (χ0v) is 17.8. The van der Waals surface area contributed by atoms with Gasteiger partial charge in [-0.25, -0.2) is 4.79 Å². The molecule has 1 saturated carbocycles. The highest BCUT2D eigenvalue weighted by Gasteiger charge is 2.55. The molecule has 2 fully saturated rings. The van der Waals surface area contributed by atoms with Gasteiger partial charge in [0.05, 0.1) is 11.2 Å². The maximum absolute atomic E-state index is 12.2. The van der Waals surface area contributed by atoms with Crippen molar-refractivity contribution in [2.45, 2.75) is 51.7 Å². The summed E-state index contributed by atoms with van der Waals surface area (Å²) < 4.78 is 7.94. The number of aliphatic carboxylic acids is 1. The van der Waals surface area contributed by atoms with Gasteiger partial charge in [0.1, 0.15) is 12.1 Å². The average Bonchev–Trinajstić information content (AvgIpc) is 2.82. The minimum Gasteiger partial charge on any atom is -0.480 e. The minimum atomic E-state index is -0.909. The van der Waals surface area contributed by atoms with Crippen molar-refractivity contribution in [2.75, 3.05) is 13.1 Å². The van der Waals surface area contributed by atoms with Gasteiger partial charge in [0, 0.05) is 34.3 Å². The summed E-state index contributed by atoms with van der Waals surface area (Å²) in [5.74, 6) is -0.634. The molecule has 1 saturated heterocycles.